The predicted octanol–water partition coefficient (Wildman–Crippen LogP) is 3.86. The lowest BCUT2D eigenvalue weighted by atomic mass is 10.0. The van der Waals surface area contributed by atoms with Crippen LogP contribution in [0.2, 0.25) is 5.02 Å². The number of fused-ring (bicyclic) bond motifs is 1. The summed E-state index contributed by atoms with van der Waals surface area (Å²) in [5, 5.41) is 3.31. The van der Waals surface area contributed by atoms with Crippen LogP contribution in [0, 0.1) is 5.82 Å². The summed E-state index contributed by atoms with van der Waals surface area (Å²) in [5.41, 5.74) is 1.50. The molecule has 0 saturated heterocycles. The van der Waals surface area contributed by atoms with Gasteiger partial charge >= 0.3 is 0 Å². The van der Waals surface area contributed by atoms with Crippen LogP contribution in [0.1, 0.15) is 40.7 Å². The Kier molecular flexibility index (Phi) is 5.04. The molecule has 4 nitrogen and oxygen atoms in total. The molecule has 1 atom stereocenters. The van der Waals surface area contributed by atoms with Crippen molar-refractivity contribution in [3.8, 4) is 5.75 Å². The smallest absolute Gasteiger partial charge is 0.258 e. The minimum atomic E-state index is -0.411. The standard InChI is InChI=1S/C19H17ClFNO3/c1-11-7-15(23)19-16(6-5-14(21)18(11)19)25-10-17(24)22-9-12-3-2-4-13(20)8-12/h2-6,8,11H,7,9-10H2,1H3,(H,22,24)/t11-/m1/s1. The van der Waals surface area contributed by atoms with E-state index in [1.165, 1.54) is 12.1 Å². The zero-order valence-electron chi connectivity index (χ0n) is 13.6. The molecule has 0 spiro atoms. The molecule has 0 radical (unpaired) electrons. The highest BCUT2D eigenvalue weighted by atomic mass is 35.5. The first-order valence-electron chi connectivity index (χ1n) is 7.95. The van der Waals surface area contributed by atoms with E-state index in [9.17, 15) is 14.0 Å². The van der Waals surface area contributed by atoms with Crippen molar-refractivity contribution in [2.24, 2.45) is 0 Å². The molecular weight excluding hydrogens is 345 g/mol. The minimum Gasteiger partial charge on any atom is -0.483 e. The molecule has 1 aliphatic carbocycles. The topological polar surface area (TPSA) is 55.4 Å². The first-order valence-corrected chi connectivity index (χ1v) is 8.33. The number of Topliss-reactive ketones (excluding diaryl/α,β-unsaturated/α-hetero) is 1. The summed E-state index contributed by atoms with van der Waals surface area (Å²) in [6, 6.07) is 9.83. The van der Waals surface area contributed by atoms with Crippen LogP contribution in [0.5, 0.6) is 5.75 Å². The van der Waals surface area contributed by atoms with Gasteiger partial charge in [0.2, 0.25) is 0 Å². The Morgan fingerprint density at radius 1 is 1.36 bits per heavy atom. The lowest BCUT2D eigenvalue weighted by Gasteiger charge is -2.12. The van der Waals surface area contributed by atoms with Crippen molar-refractivity contribution < 1.29 is 18.7 Å². The van der Waals surface area contributed by atoms with E-state index < -0.39 is 5.82 Å². The third-order valence-corrected chi connectivity index (χ3v) is 4.39. The van der Waals surface area contributed by atoms with Crippen LogP contribution in [0.4, 0.5) is 4.39 Å². The van der Waals surface area contributed by atoms with Crippen LogP contribution in [0.3, 0.4) is 0 Å². The molecule has 0 saturated carbocycles. The molecule has 3 rings (SSSR count). The zero-order chi connectivity index (χ0) is 18.0. The second kappa shape index (κ2) is 7.23. The maximum absolute atomic E-state index is 13.9. The molecule has 130 valence electrons. The minimum absolute atomic E-state index is 0.156. The summed E-state index contributed by atoms with van der Waals surface area (Å²) in [4.78, 5) is 24.0. The molecule has 2 aromatic carbocycles. The zero-order valence-corrected chi connectivity index (χ0v) is 14.4. The van der Waals surface area contributed by atoms with Crippen LogP contribution in [0.15, 0.2) is 36.4 Å². The number of benzene rings is 2. The predicted molar refractivity (Wildman–Crippen MR) is 92.6 cm³/mol. The molecule has 0 bridgehead atoms. The van der Waals surface area contributed by atoms with E-state index in [-0.39, 0.29) is 41.9 Å². The third kappa shape index (κ3) is 3.82. The van der Waals surface area contributed by atoms with E-state index >= 15 is 0 Å². The average Bonchev–Trinajstić information content (AvgIpc) is 2.88. The van der Waals surface area contributed by atoms with Gasteiger partial charge in [0.05, 0.1) is 5.56 Å². The number of hydrogen-bond acceptors (Lipinski definition) is 3. The summed E-state index contributed by atoms with van der Waals surface area (Å²) in [6.45, 7) is 1.87. The van der Waals surface area contributed by atoms with E-state index in [1.54, 1.807) is 25.1 Å². The molecule has 0 aromatic heterocycles. The largest absolute Gasteiger partial charge is 0.483 e. The second-order valence-corrected chi connectivity index (χ2v) is 6.49. The SMILES string of the molecule is C[C@@H]1CC(=O)c2c(OCC(=O)NCc3cccc(Cl)c3)ccc(F)c21. The van der Waals surface area contributed by atoms with Gasteiger partial charge in [-0.2, -0.15) is 0 Å². The maximum atomic E-state index is 13.9. The summed E-state index contributed by atoms with van der Waals surface area (Å²) in [6.07, 6.45) is 0.258. The van der Waals surface area contributed by atoms with Gasteiger partial charge in [-0.1, -0.05) is 30.7 Å². The van der Waals surface area contributed by atoms with Gasteiger partial charge in [0, 0.05) is 23.6 Å². The fourth-order valence-corrected chi connectivity index (χ4v) is 3.20. The van der Waals surface area contributed by atoms with Gasteiger partial charge in [-0.15, -0.1) is 0 Å². The van der Waals surface area contributed by atoms with Crippen molar-refractivity contribution >= 4 is 23.3 Å². The number of carbonyl (C=O) groups excluding carboxylic acids is 2. The van der Waals surface area contributed by atoms with Gasteiger partial charge in [0.1, 0.15) is 11.6 Å². The van der Waals surface area contributed by atoms with E-state index in [0.717, 1.165) is 5.56 Å². The summed E-state index contributed by atoms with van der Waals surface area (Å²) < 4.78 is 19.4. The third-order valence-electron chi connectivity index (χ3n) is 4.15. The first kappa shape index (κ1) is 17.4. The Hall–Kier alpha value is -2.40. The maximum Gasteiger partial charge on any atom is 0.258 e. The molecule has 1 N–H and O–H groups in total. The monoisotopic (exact) mass is 361 g/mol. The molecule has 1 aliphatic rings. The fraction of sp³-hybridized carbons (Fsp3) is 0.263. The van der Waals surface area contributed by atoms with Gasteiger partial charge in [0.25, 0.3) is 5.91 Å². The number of rotatable bonds is 5. The Labute approximate surface area is 149 Å². The molecule has 2 aromatic rings. The van der Waals surface area contributed by atoms with Gasteiger partial charge in [-0.05, 0) is 35.7 Å². The van der Waals surface area contributed by atoms with E-state index in [0.29, 0.717) is 17.1 Å². The van der Waals surface area contributed by atoms with Crippen molar-refractivity contribution in [1.82, 2.24) is 5.32 Å². The molecule has 0 aliphatic heterocycles. The summed E-state index contributed by atoms with van der Waals surface area (Å²) >= 11 is 5.89. The van der Waals surface area contributed by atoms with Crippen LogP contribution in [0.25, 0.3) is 0 Å². The average molecular weight is 362 g/mol. The number of carbonyl (C=O) groups is 2. The Morgan fingerprint density at radius 3 is 2.92 bits per heavy atom. The Balaban J connectivity index is 1.63. The number of halogens is 2. The van der Waals surface area contributed by atoms with Gasteiger partial charge < -0.3 is 10.1 Å². The Bertz CT molecular complexity index is 837. The molecule has 1 amide bonds. The lowest BCUT2D eigenvalue weighted by Crippen LogP contribution is -2.28. The van der Waals surface area contributed by atoms with Crippen molar-refractivity contribution in [2.75, 3.05) is 6.61 Å². The number of nitrogens with one attached hydrogen (secondary N) is 1. The van der Waals surface area contributed by atoms with Crippen LogP contribution < -0.4 is 10.1 Å². The van der Waals surface area contributed by atoms with E-state index in [1.807, 2.05) is 6.07 Å². The lowest BCUT2D eigenvalue weighted by molar-refractivity contribution is -0.123. The normalized spacial score (nSPS) is 15.8. The van der Waals surface area contributed by atoms with E-state index in [4.69, 9.17) is 16.3 Å². The molecule has 25 heavy (non-hydrogen) atoms. The van der Waals surface area contributed by atoms with Crippen molar-refractivity contribution in [3.05, 3.63) is 63.9 Å². The molecule has 0 unspecified atom stereocenters. The van der Waals surface area contributed by atoms with E-state index in [2.05, 4.69) is 5.32 Å². The van der Waals surface area contributed by atoms with Crippen molar-refractivity contribution in [3.63, 3.8) is 0 Å². The highest BCUT2D eigenvalue weighted by Crippen LogP contribution is 2.39. The first-order chi connectivity index (χ1) is 12.0. The van der Waals surface area contributed by atoms with Crippen molar-refractivity contribution in [1.29, 1.82) is 0 Å². The Morgan fingerprint density at radius 2 is 2.16 bits per heavy atom. The number of ketones is 1. The second-order valence-electron chi connectivity index (χ2n) is 6.06. The molecule has 6 heteroatoms. The molecule has 0 heterocycles. The highest BCUT2D eigenvalue weighted by molar-refractivity contribution is 6.30. The number of hydrogen-bond donors (Lipinski definition) is 1. The van der Waals surface area contributed by atoms with Crippen LogP contribution in [-0.2, 0) is 11.3 Å². The van der Waals surface area contributed by atoms with Crippen LogP contribution >= 0.6 is 11.6 Å². The van der Waals surface area contributed by atoms with Gasteiger partial charge in [-0.3, -0.25) is 9.59 Å². The number of amides is 1. The molecule has 0 fully saturated rings. The highest BCUT2D eigenvalue weighted by Gasteiger charge is 2.32. The molecular formula is C19H17ClFNO3. The van der Waals surface area contributed by atoms with Gasteiger partial charge in [-0.25, -0.2) is 4.39 Å². The van der Waals surface area contributed by atoms with Crippen molar-refractivity contribution in [2.45, 2.75) is 25.8 Å². The van der Waals surface area contributed by atoms with Crippen LogP contribution in [-0.4, -0.2) is 18.3 Å². The summed E-state index contributed by atoms with van der Waals surface area (Å²) in [5.74, 6) is -0.828. The number of ether oxygens (including phenoxy) is 1. The van der Waals surface area contributed by atoms with Gasteiger partial charge in [0.15, 0.2) is 12.4 Å². The fourth-order valence-electron chi connectivity index (χ4n) is 2.99. The summed E-state index contributed by atoms with van der Waals surface area (Å²) in [7, 11) is 0. The quantitative estimate of drug-likeness (QED) is 0.879.